The van der Waals surface area contributed by atoms with Crippen LogP contribution in [-0.2, 0) is 7.05 Å². The Morgan fingerprint density at radius 3 is 2.92 bits per heavy atom. The Balaban J connectivity index is 2.85. The van der Waals surface area contributed by atoms with Crippen molar-refractivity contribution in [2.24, 2.45) is 7.05 Å². The Bertz CT molecular complexity index is 466. The van der Waals surface area contributed by atoms with Crippen molar-refractivity contribution in [2.75, 3.05) is 0 Å². The van der Waals surface area contributed by atoms with E-state index < -0.39 is 0 Å². The lowest BCUT2D eigenvalue weighted by Gasteiger charge is -1.99. The van der Waals surface area contributed by atoms with E-state index in [1.807, 2.05) is 30.1 Å². The summed E-state index contributed by atoms with van der Waals surface area (Å²) < 4.78 is 1.84. The summed E-state index contributed by atoms with van der Waals surface area (Å²) in [5.41, 5.74) is 3.48. The van der Waals surface area contributed by atoms with Crippen molar-refractivity contribution in [3.05, 3.63) is 36.0 Å². The zero-order valence-electron chi connectivity index (χ0n) is 7.91. The molecular formula is C11H12N2. The average Bonchev–Trinajstić information content (AvgIpc) is 2.47. The standard InChI is InChI=1S/C11H12N2/c1-4-9-5-6-11-10(8(9)2)7-13(3)12-11/h4-7H,1H2,2-3H3. The molecule has 0 amide bonds. The van der Waals surface area contributed by atoms with E-state index in [1.54, 1.807) is 0 Å². The molecule has 0 fully saturated rings. The molecule has 2 aromatic rings. The number of hydrogen-bond acceptors (Lipinski definition) is 1. The lowest BCUT2D eigenvalue weighted by molar-refractivity contribution is 0.779. The van der Waals surface area contributed by atoms with Crippen LogP contribution in [-0.4, -0.2) is 9.78 Å². The summed E-state index contributed by atoms with van der Waals surface area (Å²) in [6.45, 7) is 5.88. The van der Waals surface area contributed by atoms with E-state index in [4.69, 9.17) is 0 Å². The van der Waals surface area contributed by atoms with Crippen LogP contribution in [0.25, 0.3) is 17.0 Å². The van der Waals surface area contributed by atoms with E-state index >= 15 is 0 Å². The minimum Gasteiger partial charge on any atom is -0.275 e. The molecule has 0 N–H and O–H groups in total. The van der Waals surface area contributed by atoms with Gasteiger partial charge in [-0.05, 0) is 24.1 Å². The Kier molecular flexibility index (Phi) is 1.69. The summed E-state index contributed by atoms with van der Waals surface area (Å²) in [5, 5.41) is 5.54. The van der Waals surface area contributed by atoms with Gasteiger partial charge in [-0.3, -0.25) is 4.68 Å². The Morgan fingerprint density at radius 1 is 1.46 bits per heavy atom. The van der Waals surface area contributed by atoms with Gasteiger partial charge in [-0.1, -0.05) is 18.7 Å². The highest BCUT2D eigenvalue weighted by Crippen LogP contribution is 2.20. The number of hydrogen-bond donors (Lipinski definition) is 0. The minimum atomic E-state index is 1.05. The maximum Gasteiger partial charge on any atom is 0.0926 e. The molecule has 1 aromatic heterocycles. The van der Waals surface area contributed by atoms with Crippen molar-refractivity contribution in [2.45, 2.75) is 6.92 Å². The molecule has 0 aliphatic rings. The van der Waals surface area contributed by atoms with Crippen molar-refractivity contribution in [1.82, 2.24) is 9.78 Å². The number of nitrogens with zero attached hydrogens (tertiary/aromatic N) is 2. The van der Waals surface area contributed by atoms with Crippen molar-refractivity contribution in [1.29, 1.82) is 0 Å². The van der Waals surface area contributed by atoms with Crippen LogP contribution in [0.15, 0.2) is 24.9 Å². The highest BCUT2D eigenvalue weighted by molar-refractivity contribution is 5.85. The van der Waals surface area contributed by atoms with Gasteiger partial charge in [-0.25, -0.2) is 0 Å². The van der Waals surface area contributed by atoms with E-state index in [0.717, 1.165) is 5.52 Å². The normalized spacial score (nSPS) is 10.6. The summed E-state index contributed by atoms with van der Waals surface area (Å²) >= 11 is 0. The Labute approximate surface area is 77.5 Å². The summed E-state index contributed by atoms with van der Waals surface area (Å²) in [6, 6.07) is 4.08. The van der Waals surface area contributed by atoms with Gasteiger partial charge in [0.1, 0.15) is 0 Å². The summed E-state index contributed by atoms with van der Waals surface area (Å²) in [7, 11) is 1.94. The molecule has 2 heteroatoms. The molecule has 0 saturated carbocycles. The number of aryl methyl sites for hydroxylation is 2. The van der Waals surface area contributed by atoms with Gasteiger partial charge in [0.15, 0.2) is 0 Å². The molecule has 0 aliphatic heterocycles. The largest absolute Gasteiger partial charge is 0.275 e. The summed E-state index contributed by atoms with van der Waals surface area (Å²) in [4.78, 5) is 0. The summed E-state index contributed by atoms with van der Waals surface area (Å²) in [5.74, 6) is 0. The second kappa shape index (κ2) is 2.73. The van der Waals surface area contributed by atoms with Crippen molar-refractivity contribution >= 4 is 17.0 Å². The van der Waals surface area contributed by atoms with Crippen LogP contribution in [0.3, 0.4) is 0 Å². The van der Waals surface area contributed by atoms with Crippen LogP contribution in [0.5, 0.6) is 0 Å². The molecule has 0 aliphatic carbocycles. The van der Waals surface area contributed by atoms with E-state index in [2.05, 4.69) is 24.7 Å². The lowest BCUT2D eigenvalue weighted by atomic mass is 10.1. The quantitative estimate of drug-likeness (QED) is 0.646. The topological polar surface area (TPSA) is 17.8 Å². The SMILES string of the molecule is C=Cc1ccc2nn(C)cc2c1C. The predicted molar refractivity (Wildman–Crippen MR) is 55.5 cm³/mol. The molecule has 0 saturated heterocycles. The van der Waals surface area contributed by atoms with Crippen LogP contribution in [0.4, 0.5) is 0 Å². The van der Waals surface area contributed by atoms with E-state index in [-0.39, 0.29) is 0 Å². The number of fused-ring (bicyclic) bond motifs is 1. The van der Waals surface area contributed by atoms with Crippen LogP contribution >= 0.6 is 0 Å². The maximum atomic E-state index is 4.33. The molecule has 0 unspecified atom stereocenters. The van der Waals surface area contributed by atoms with Crippen LogP contribution < -0.4 is 0 Å². The average molecular weight is 172 g/mol. The second-order valence-corrected chi connectivity index (χ2v) is 3.22. The second-order valence-electron chi connectivity index (χ2n) is 3.22. The van der Waals surface area contributed by atoms with Gasteiger partial charge in [0.2, 0.25) is 0 Å². The molecule has 0 spiro atoms. The van der Waals surface area contributed by atoms with Gasteiger partial charge in [0.25, 0.3) is 0 Å². The fourth-order valence-corrected chi connectivity index (χ4v) is 1.59. The smallest absolute Gasteiger partial charge is 0.0926 e. The van der Waals surface area contributed by atoms with E-state index in [0.29, 0.717) is 0 Å². The third kappa shape index (κ3) is 1.15. The number of aromatic nitrogens is 2. The first-order valence-corrected chi connectivity index (χ1v) is 4.28. The van der Waals surface area contributed by atoms with Crippen molar-refractivity contribution in [3.63, 3.8) is 0 Å². The first kappa shape index (κ1) is 8.05. The Morgan fingerprint density at radius 2 is 2.23 bits per heavy atom. The molecule has 2 rings (SSSR count). The summed E-state index contributed by atoms with van der Waals surface area (Å²) in [6.07, 6.45) is 3.92. The Hall–Kier alpha value is -1.57. The lowest BCUT2D eigenvalue weighted by Crippen LogP contribution is -1.84. The highest BCUT2D eigenvalue weighted by Gasteiger charge is 2.03. The molecule has 2 nitrogen and oxygen atoms in total. The fourth-order valence-electron chi connectivity index (χ4n) is 1.59. The van der Waals surface area contributed by atoms with Crippen LogP contribution in [0.1, 0.15) is 11.1 Å². The molecule has 0 radical (unpaired) electrons. The van der Waals surface area contributed by atoms with Gasteiger partial charge in [-0.15, -0.1) is 0 Å². The molecule has 1 heterocycles. The third-order valence-corrected chi connectivity index (χ3v) is 2.34. The zero-order valence-corrected chi connectivity index (χ0v) is 7.91. The monoisotopic (exact) mass is 172 g/mol. The van der Waals surface area contributed by atoms with Gasteiger partial charge >= 0.3 is 0 Å². The highest BCUT2D eigenvalue weighted by atomic mass is 15.2. The molecule has 0 atom stereocenters. The molecule has 0 bridgehead atoms. The first-order chi connectivity index (χ1) is 6.22. The molecular weight excluding hydrogens is 160 g/mol. The number of benzene rings is 1. The van der Waals surface area contributed by atoms with E-state index in [1.165, 1.54) is 16.5 Å². The fraction of sp³-hybridized carbons (Fsp3) is 0.182. The van der Waals surface area contributed by atoms with Crippen LogP contribution in [0, 0.1) is 6.92 Å². The van der Waals surface area contributed by atoms with Crippen molar-refractivity contribution in [3.8, 4) is 0 Å². The maximum absolute atomic E-state index is 4.33. The minimum absolute atomic E-state index is 1.05. The molecule has 66 valence electrons. The molecule has 13 heavy (non-hydrogen) atoms. The van der Waals surface area contributed by atoms with Crippen LogP contribution in [0.2, 0.25) is 0 Å². The first-order valence-electron chi connectivity index (χ1n) is 4.28. The predicted octanol–water partition coefficient (Wildman–Crippen LogP) is 2.52. The zero-order chi connectivity index (χ0) is 9.42. The van der Waals surface area contributed by atoms with E-state index in [9.17, 15) is 0 Å². The van der Waals surface area contributed by atoms with Gasteiger partial charge < -0.3 is 0 Å². The number of rotatable bonds is 1. The molecule has 1 aromatic carbocycles. The van der Waals surface area contributed by atoms with Gasteiger partial charge in [0.05, 0.1) is 5.52 Å². The van der Waals surface area contributed by atoms with Gasteiger partial charge in [0, 0.05) is 18.6 Å². The van der Waals surface area contributed by atoms with Crippen molar-refractivity contribution < 1.29 is 0 Å². The van der Waals surface area contributed by atoms with Gasteiger partial charge in [-0.2, -0.15) is 5.10 Å². The third-order valence-electron chi connectivity index (χ3n) is 2.34.